The molecule has 5 heteroatoms. The van der Waals surface area contributed by atoms with Crippen LogP contribution in [-0.4, -0.2) is 35.3 Å². The lowest BCUT2D eigenvalue weighted by atomic mass is 9.93. The van der Waals surface area contributed by atoms with Crippen molar-refractivity contribution in [2.75, 3.05) is 18.1 Å². The van der Waals surface area contributed by atoms with Crippen molar-refractivity contribution >= 4 is 23.5 Å². The molecule has 3 N–H and O–H groups in total. The van der Waals surface area contributed by atoms with Gasteiger partial charge in [-0.1, -0.05) is 44.2 Å². The number of carbonyl (C=O) groups excluding carboxylic acids is 2. The van der Waals surface area contributed by atoms with Crippen LogP contribution < -0.4 is 11.1 Å². The lowest BCUT2D eigenvalue weighted by molar-refractivity contribution is -0.120. The van der Waals surface area contributed by atoms with Crippen LogP contribution in [0.4, 0.5) is 0 Å². The number of benzene rings is 1. The van der Waals surface area contributed by atoms with E-state index in [0.29, 0.717) is 17.9 Å². The number of rotatable bonds is 9. The molecule has 0 saturated heterocycles. The minimum atomic E-state index is -0.318. The Balaban J connectivity index is 2.39. The van der Waals surface area contributed by atoms with Crippen molar-refractivity contribution < 1.29 is 9.59 Å². The van der Waals surface area contributed by atoms with Crippen LogP contribution in [0.2, 0.25) is 0 Å². The Kier molecular flexibility index (Phi) is 7.47. The second-order valence-electron chi connectivity index (χ2n) is 5.02. The highest BCUT2D eigenvalue weighted by Gasteiger charge is 2.26. The van der Waals surface area contributed by atoms with E-state index in [9.17, 15) is 9.59 Å². The first-order chi connectivity index (χ1) is 10.1. The molecule has 116 valence electrons. The van der Waals surface area contributed by atoms with Crippen molar-refractivity contribution in [3.63, 3.8) is 0 Å². The molecule has 0 aliphatic rings. The lowest BCUT2D eigenvalue weighted by Crippen LogP contribution is -2.53. The average Bonchev–Trinajstić information content (AvgIpc) is 2.53. The van der Waals surface area contributed by atoms with Gasteiger partial charge in [-0.2, -0.15) is 0 Å². The highest BCUT2D eigenvalue weighted by molar-refractivity contribution is 8.00. The summed E-state index contributed by atoms with van der Waals surface area (Å²) in [6.07, 6.45) is 1.61. The van der Waals surface area contributed by atoms with Crippen LogP contribution in [0.25, 0.3) is 0 Å². The molecule has 0 atom stereocenters. The number of thioether (sulfide) groups is 1. The number of hydrogen-bond acceptors (Lipinski definition) is 4. The summed E-state index contributed by atoms with van der Waals surface area (Å²) < 4.78 is 0. The van der Waals surface area contributed by atoms with Crippen LogP contribution in [-0.2, 0) is 4.79 Å². The normalized spacial score (nSPS) is 11.2. The van der Waals surface area contributed by atoms with Gasteiger partial charge in [-0.25, -0.2) is 0 Å². The maximum atomic E-state index is 12.0. The predicted molar refractivity (Wildman–Crippen MR) is 88.6 cm³/mol. The minimum absolute atomic E-state index is 0.0458. The number of carbonyl (C=O) groups is 2. The van der Waals surface area contributed by atoms with Gasteiger partial charge in [0.15, 0.2) is 5.78 Å². The van der Waals surface area contributed by atoms with E-state index in [-0.39, 0.29) is 23.0 Å². The topological polar surface area (TPSA) is 72.2 Å². The smallest absolute Gasteiger partial charge is 0.230 e. The summed E-state index contributed by atoms with van der Waals surface area (Å²) in [6, 6.07) is 9.12. The van der Waals surface area contributed by atoms with Gasteiger partial charge in [0.1, 0.15) is 0 Å². The van der Waals surface area contributed by atoms with E-state index in [4.69, 9.17) is 5.73 Å². The molecule has 21 heavy (non-hydrogen) atoms. The van der Waals surface area contributed by atoms with E-state index in [2.05, 4.69) is 5.32 Å². The Bertz CT molecular complexity index is 450. The summed E-state index contributed by atoms with van der Waals surface area (Å²) in [4.78, 5) is 23.9. The first-order valence-corrected chi connectivity index (χ1v) is 8.39. The first kappa shape index (κ1) is 17.7. The van der Waals surface area contributed by atoms with E-state index < -0.39 is 0 Å². The third-order valence-electron chi connectivity index (χ3n) is 3.71. The molecule has 0 radical (unpaired) electrons. The summed E-state index contributed by atoms with van der Waals surface area (Å²) in [5.74, 6) is 0.575. The van der Waals surface area contributed by atoms with Crippen LogP contribution in [0.1, 0.15) is 37.0 Å². The van der Waals surface area contributed by atoms with Crippen molar-refractivity contribution in [1.29, 1.82) is 0 Å². The molecule has 0 aliphatic carbocycles. The predicted octanol–water partition coefficient (Wildman–Crippen LogP) is 2.24. The largest absolute Gasteiger partial charge is 0.349 e. The molecule has 1 rings (SSSR count). The molecule has 4 nitrogen and oxygen atoms in total. The Morgan fingerprint density at radius 1 is 1.14 bits per heavy atom. The molecule has 0 aliphatic heterocycles. The molecule has 0 aromatic heterocycles. The van der Waals surface area contributed by atoms with E-state index in [0.717, 1.165) is 12.8 Å². The fourth-order valence-electron chi connectivity index (χ4n) is 2.04. The SMILES string of the molecule is CCC(CC)(CN)NC(=O)CSCC(=O)c1ccccc1. The Hall–Kier alpha value is -1.33. The number of nitrogens with two attached hydrogens (primary N) is 1. The van der Waals surface area contributed by atoms with Crippen LogP contribution in [0.3, 0.4) is 0 Å². The van der Waals surface area contributed by atoms with Crippen LogP contribution in [0.15, 0.2) is 30.3 Å². The van der Waals surface area contributed by atoms with Gasteiger partial charge in [0.05, 0.1) is 17.0 Å². The van der Waals surface area contributed by atoms with Gasteiger partial charge in [-0.05, 0) is 12.8 Å². The second kappa shape index (κ2) is 8.85. The highest BCUT2D eigenvalue weighted by atomic mass is 32.2. The van der Waals surface area contributed by atoms with Gasteiger partial charge in [-0.15, -0.1) is 11.8 Å². The first-order valence-electron chi connectivity index (χ1n) is 7.24. The average molecular weight is 308 g/mol. The van der Waals surface area contributed by atoms with E-state index in [1.54, 1.807) is 12.1 Å². The molecule has 1 aromatic carbocycles. The second-order valence-corrected chi connectivity index (χ2v) is 6.01. The fraction of sp³-hybridized carbons (Fsp3) is 0.500. The molecule has 0 bridgehead atoms. The Morgan fingerprint density at radius 3 is 2.29 bits per heavy atom. The standard InChI is InChI=1S/C16H24N2O2S/c1-3-16(4-2,12-17)18-15(20)11-21-10-14(19)13-8-6-5-7-9-13/h5-9H,3-4,10-12,17H2,1-2H3,(H,18,20). The Labute approximate surface area is 130 Å². The van der Waals surface area contributed by atoms with Crippen molar-refractivity contribution in [3.05, 3.63) is 35.9 Å². The molecular weight excluding hydrogens is 284 g/mol. The van der Waals surface area contributed by atoms with Crippen molar-refractivity contribution in [2.24, 2.45) is 5.73 Å². The van der Waals surface area contributed by atoms with E-state index >= 15 is 0 Å². The van der Waals surface area contributed by atoms with Gasteiger partial charge >= 0.3 is 0 Å². The third kappa shape index (κ3) is 5.52. The fourth-order valence-corrected chi connectivity index (χ4v) is 2.75. The lowest BCUT2D eigenvalue weighted by Gasteiger charge is -2.31. The highest BCUT2D eigenvalue weighted by Crippen LogP contribution is 2.14. The van der Waals surface area contributed by atoms with E-state index in [1.165, 1.54) is 11.8 Å². The summed E-state index contributed by atoms with van der Waals surface area (Å²) in [7, 11) is 0. The molecule has 0 spiro atoms. The van der Waals surface area contributed by atoms with E-state index in [1.807, 2.05) is 32.0 Å². The van der Waals surface area contributed by atoms with Crippen LogP contribution >= 0.6 is 11.8 Å². The number of hydrogen-bond donors (Lipinski definition) is 2. The number of ketones is 1. The molecule has 0 heterocycles. The van der Waals surface area contributed by atoms with Crippen LogP contribution in [0, 0.1) is 0 Å². The molecule has 1 aromatic rings. The maximum Gasteiger partial charge on any atom is 0.230 e. The number of Topliss-reactive ketones (excluding diaryl/α,β-unsaturated/α-hetero) is 1. The summed E-state index contributed by atoms with van der Waals surface area (Å²) in [5, 5.41) is 3.00. The van der Waals surface area contributed by atoms with Crippen molar-refractivity contribution in [1.82, 2.24) is 5.32 Å². The minimum Gasteiger partial charge on any atom is -0.349 e. The number of amides is 1. The molecule has 1 amide bonds. The van der Waals surface area contributed by atoms with Gasteiger partial charge in [0.2, 0.25) is 5.91 Å². The quantitative estimate of drug-likeness (QED) is 0.686. The monoisotopic (exact) mass is 308 g/mol. The molecule has 0 saturated carbocycles. The van der Waals surface area contributed by atoms with Crippen LogP contribution in [0.5, 0.6) is 0 Å². The number of nitrogens with one attached hydrogen (secondary N) is 1. The van der Waals surface area contributed by atoms with Crippen molar-refractivity contribution in [2.45, 2.75) is 32.2 Å². The zero-order valence-electron chi connectivity index (χ0n) is 12.7. The van der Waals surface area contributed by atoms with Gasteiger partial charge in [0, 0.05) is 12.1 Å². The zero-order valence-corrected chi connectivity index (χ0v) is 13.5. The van der Waals surface area contributed by atoms with Gasteiger partial charge in [-0.3, -0.25) is 9.59 Å². The third-order valence-corrected chi connectivity index (χ3v) is 4.64. The molecule has 0 fully saturated rings. The molecule has 0 unspecified atom stereocenters. The maximum absolute atomic E-state index is 12.0. The zero-order chi connectivity index (χ0) is 15.7. The van der Waals surface area contributed by atoms with Crippen molar-refractivity contribution in [3.8, 4) is 0 Å². The summed E-state index contributed by atoms with van der Waals surface area (Å²) in [6.45, 7) is 4.46. The Morgan fingerprint density at radius 2 is 1.76 bits per heavy atom. The van der Waals surface area contributed by atoms with Gasteiger partial charge < -0.3 is 11.1 Å². The summed E-state index contributed by atoms with van der Waals surface area (Å²) in [5.41, 5.74) is 6.12. The summed E-state index contributed by atoms with van der Waals surface area (Å²) >= 11 is 1.33. The molecular formula is C16H24N2O2S. The van der Waals surface area contributed by atoms with Gasteiger partial charge in [0.25, 0.3) is 0 Å².